The molecular weight excluding hydrogens is 424 g/mol. The van der Waals surface area contributed by atoms with Crippen LogP contribution in [0.3, 0.4) is 0 Å². The Labute approximate surface area is 190 Å². The highest BCUT2D eigenvalue weighted by Crippen LogP contribution is 2.22. The first-order valence-corrected chi connectivity index (χ1v) is 10.9. The predicted octanol–water partition coefficient (Wildman–Crippen LogP) is 1.62. The number of nitrogens with zero attached hydrogens (tertiary/aromatic N) is 7. The fourth-order valence-electron chi connectivity index (χ4n) is 3.69. The Morgan fingerprint density at radius 2 is 2.12 bits per heavy atom. The van der Waals surface area contributed by atoms with E-state index in [2.05, 4.69) is 30.8 Å². The van der Waals surface area contributed by atoms with Crippen molar-refractivity contribution in [1.29, 1.82) is 0 Å². The molecule has 1 atom stereocenters. The highest BCUT2D eigenvalue weighted by molar-refractivity contribution is 6.02. The third-order valence-electron chi connectivity index (χ3n) is 5.54. The van der Waals surface area contributed by atoms with E-state index in [1.54, 1.807) is 37.4 Å². The lowest BCUT2D eigenvalue weighted by Gasteiger charge is -2.29. The number of hydrogen-bond donors (Lipinski definition) is 2. The lowest BCUT2D eigenvalue weighted by atomic mass is 10.0. The van der Waals surface area contributed by atoms with Crippen molar-refractivity contribution in [2.75, 3.05) is 18.5 Å². The number of aliphatic hydroxyl groups excluding tert-OH is 1. The van der Waals surface area contributed by atoms with Gasteiger partial charge in [0.2, 0.25) is 11.7 Å². The average molecular weight is 451 g/mol. The Morgan fingerprint density at radius 1 is 1.27 bits per heavy atom. The number of carbonyl (C=O) groups is 2. The molecule has 4 heterocycles. The van der Waals surface area contributed by atoms with Crippen LogP contribution < -0.4 is 5.32 Å². The number of anilines is 1. The summed E-state index contributed by atoms with van der Waals surface area (Å²) in [4.78, 5) is 35.7. The Balaban J connectivity index is 1.51. The van der Waals surface area contributed by atoms with Crippen molar-refractivity contribution in [3.63, 3.8) is 0 Å². The monoisotopic (exact) mass is 450 g/mol. The van der Waals surface area contributed by atoms with Gasteiger partial charge in [0.25, 0.3) is 5.91 Å². The Kier molecular flexibility index (Phi) is 6.68. The predicted molar refractivity (Wildman–Crippen MR) is 119 cm³/mol. The topological polar surface area (TPSA) is 139 Å². The van der Waals surface area contributed by atoms with Crippen LogP contribution in [0.1, 0.15) is 54.3 Å². The van der Waals surface area contributed by atoms with Gasteiger partial charge in [-0.15, -0.1) is 5.10 Å². The summed E-state index contributed by atoms with van der Waals surface area (Å²) in [7, 11) is 0. The second-order valence-electron chi connectivity index (χ2n) is 7.99. The number of aliphatic hydroxyl groups is 1. The summed E-state index contributed by atoms with van der Waals surface area (Å²) in [5.41, 5.74) is 2.70. The normalized spacial score (nSPS) is 14.0. The second-order valence-corrected chi connectivity index (χ2v) is 7.99. The van der Waals surface area contributed by atoms with E-state index < -0.39 is 5.91 Å². The van der Waals surface area contributed by atoms with Gasteiger partial charge in [0.05, 0.1) is 12.6 Å². The number of fused-ring (bicyclic) bond motifs is 1. The number of tetrazole rings is 1. The summed E-state index contributed by atoms with van der Waals surface area (Å²) in [6, 6.07) is 6.54. The molecule has 2 N–H and O–H groups in total. The Hall–Kier alpha value is -3.73. The minimum absolute atomic E-state index is 0.125. The molecule has 0 saturated carbocycles. The van der Waals surface area contributed by atoms with E-state index in [9.17, 15) is 14.7 Å². The van der Waals surface area contributed by atoms with E-state index in [0.29, 0.717) is 36.8 Å². The summed E-state index contributed by atoms with van der Waals surface area (Å²) in [6.45, 7) is 4.80. The van der Waals surface area contributed by atoms with Gasteiger partial charge in [0.1, 0.15) is 17.2 Å². The zero-order chi connectivity index (χ0) is 23.4. The van der Waals surface area contributed by atoms with Crippen molar-refractivity contribution < 1.29 is 14.7 Å². The molecule has 1 aliphatic rings. The number of aromatic nitrogens is 6. The van der Waals surface area contributed by atoms with E-state index in [1.165, 1.54) is 4.68 Å². The summed E-state index contributed by atoms with van der Waals surface area (Å²) < 4.78 is 1.48. The maximum absolute atomic E-state index is 12.9. The number of nitrogens with one attached hydrogen (secondary N) is 1. The van der Waals surface area contributed by atoms with Crippen LogP contribution in [-0.2, 0) is 17.8 Å². The Morgan fingerprint density at radius 3 is 2.91 bits per heavy atom. The first-order valence-electron chi connectivity index (χ1n) is 10.9. The number of pyridine rings is 2. The van der Waals surface area contributed by atoms with Gasteiger partial charge >= 0.3 is 0 Å². The fourth-order valence-corrected chi connectivity index (χ4v) is 3.69. The highest BCUT2D eigenvalue weighted by atomic mass is 16.3. The van der Waals surface area contributed by atoms with E-state index in [-0.39, 0.29) is 24.2 Å². The Bertz CT molecular complexity index is 1160. The molecule has 11 nitrogen and oxygen atoms in total. The number of carbonyl (C=O) groups excluding carboxylic acids is 2. The standard InChI is InChI=1S/C22H26N8O3/c1-3-5-20(32)29-9-8-15-11-23-18(10-16(15)12-29)22(33)25-19-7-4-6-17(24-19)21-26-27-28-30(21)14(2)13-31/h4,6-7,10-11,14,31H,3,5,8-9,12-13H2,1-2H3,(H,24,25,33)/t14-/m1/s1. The molecule has 0 spiro atoms. The summed E-state index contributed by atoms with van der Waals surface area (Å²) >= 11 is 0. The molecule has 2 amide bonds. The first-order chi connectivity index (χ1) is 16.0. The third-order valence-corrected chi connectivity index (χ3v) is 5.54. The van der Waals surface area contributed by atoms with Crippen molar-refractivity contribution >= 4 is 17.6 Å². The van der Waals surface area contributed by atoms with Gasteiger partial charge in [-0.1, -0.05) is 13.0 Å². The minimum Gasteiger partial charge on any atom is -0.394 e. The summed E-state index contributed by atoms with van der Waals surface area (Å²) in [5, 5.41) is 23.7. The molecule has 0 fully saturated rings. The first kappa shape index (κ1) is 22.5. The van der Waals surface area contributed by atoms with Crippen molar-refractivity contribution in [3.8, 4) is 11.5 Å². The van der Waals surface area contributed by atoms with Crippen molar-refractivity contribution in [3.05, 3.63) is 47.3 Å². The maximum atomic E-state index is 12.9. The van der Waals surface area contributed by atoms with Crippen LogP contribution in [0, 0.1) is 0 Å². The summed E-state index contributed by atoms with van der Waals surface area (Å²) in [6.07, 6.45) is 3.77. The number of amides is 2. The van der Waals surface area contributed by atoms with Crippen molar-refractivity contribution in [2.24, 2.45) is 0 Å². The zero-order valence-corrected chi connectivity index (χ0v) is 18.6. The van der Waals surface area contributed by atoms with E-state index >= 15 is 0 Å². The van der Waals surface area contributed by atoms with Gasteiger partial charge < -0.3 is 15.3 Å². The molecule has 11 heteroatoms. The van der Waals surface area contributed by atoms with Gasteiger partial charge in [-0.2, -0.15) is 0 Å². The van der Waals surface area contributed by atoms with Crippen LogP contribution in [0.25, 0.3) is 11.5 Å². The molecular formula is C22H26N8O3. The van der Waals surface area contributed by atoms with Crippen LogP contribution in [0.4, 0.5) is 5.82 Å². The van der Waals surface area contributed by atoms with Crippen molar-refractivity contribution in [1.82, 2.24) is 35.1 Å². The molecule has 0 unspecified atom stereocenters. The molecule has 3 aromatic rings. The molecule has 172 valence electrons. The highest BCUT2D eigenvalue weighted by Gasteiger charge is 2.22. The van der Waals surface area contributed by atoms with Crippen LogP contribution in [-0.4, -0.2) is 65.1 Å². The second kappa shape index (κ2) is 9.82. The van der Waals surface area contributed by atoms with Crippen LogP contribution in [0.2, 0.25) is 0 Å². The zero-order valence-electron chi connectivity index (χ0n) is 18.6. The molecule has 0 bridgehead atoms. The number of rotatable bonds is 7. The van der Waals surface area contributed by atoms with Crippen LogP contribution in [0.5, 0.6) is 0 Å². The van der Waals surface area contributed by atoms with E-state index in [4.69, 9.17) is 0 Å². The third kappa shape index (κ3) is 4.87. The molecule has 0 saturated heterocycles. The van der Waals surface area contributed by atoms with Gasteiger partial charge in [0, 0.05) is 25.7 Å². The van der Waals surface area contributed by atoms with E-state index in [1.807, 2.05) is 11.8 Å². The van der Waals surface area contributed by atoms with E-state index in [0.717, 1.165) is 24.0 Å². The largest absolute Gasteiger partial charge is 0.394 e. The molecule has 0 radical (unpaired) electrons. The van der Waals surface area contributed by atoms with Gasteiger partial charge in [-0.25, -0.2) is 9.67 Å². The average Bonchev–Trinajstić information content (AvgIpc) is 3.33. The molecule has 0 aromatic carbocycles. The van der Waals surface area contributed by atoms with Gasteiger partial charge in [-0.05, 0) is 59.5 Å². The SMILES string of the molecule is CCCC(=O)N1CCc2cnc(C(=O)Nc3cccc(-c4nnnn4[C@H](C)CO)n3)cc2C1. The molecule has 33 heavy (non-hydrogen) atoms. The van der Waals surface area contributed by atoms with Crippen molar-refractivity contribution in [2.45, 2.75) is 45.7 Å². The smallest absolute Gasteiger partial charge is 0.275 e. The van der Waals surface area contributed by atoms with Gasteiger partial charge in [0.15, 0.2) is 0 Å². The molecule has 1 aliphatic heterocycles. The quantitative estimate of drug-likeness (QED) is 0.554. The lowest BCUT2D eigenvalue weighted by Crippen LogP contribution is -2.36. The minimum atomic E-state index is -0.400. The molecule has 4 rings (SSSR count). The van der Waals surface area contributed by atoms with Gasteiger partial charge in [-0.3, -0.25) is 14.6 Å². The molecule has 0 aliphatic carbocycles. The summed E-state index contributed by atoms with van der Waals surface area (Å²) in [5.74, 6) is 0.437. The number of hydrogen-bond acceptors (Lipinski definition) is 8. The molecule has 3 aromatic heterocycles. The maximum Gasteiger partial charge on any atom is 0.275 e. The van der Waals surface area contributed by atoms with Crippen LogP contribution in [0.15, 0.2) is 30.5 Å². The van der Waals surface area contributed by atoms with Crippen LogP contribution >= 0.6 is 0 Å². The fraction of sp³-hybridized carbons (Fsp3) is 0.409. The lowest BCUT2D eigenvalue weighted by molar-refractivity contribution is -0.132.